The normalized spacial score (nSPS) is 11.2. The molecule has 1 aliphatic carbocycles. The maximum absolute atomic E-state index is 5.77. The zero-order chi connectivity index (χ0) is 15.2. The summed E-state index contributed by atoms with van der Waals surface area (Å²) in [5, 5.41) is 1.93. The molecule has 4 rings (SSSR count). The maximum atomic E-state index is 5.77. The summed E-state index contributed by atoms with van der Waals surface area (Å²) in [6.45, 7) is 0. The van der Waals surface area contributed by atoms with E-state index in [2.05, 4.69) is 23.2 Å². The summed E-state index contributed by atoms with van der Waals surface area (Å²) in [5.74, 6) is 0. The van der Waals surface area contributed by atoms with E-state index < -0.39 is 0 Å². The third kappa shape index (κ3) is 6.86. The Morgan fingerprint density at radius 1 is 0.960 bits per heavy atom. The molecule has 0 unspecified atom stereocenters. The van der Waals surface area contributed by atoms with Crippen molar-refractivity contribution in [2.45, 2.75) is 6.42 Å². The number of para-hydroxylation sites is 1. The fourth-order valence-corrected chi connectivity index (χ4v) is 2.32. The number of rotatable bonds is 1. The minimum Gasteiger partial charge on any atom is -0.283 e. The van der Waals surface area contributed by atoms with E-state index in [4.69, 9.17) is 11.6 Å². The van der Waals surface area contributed by atoms with Gasteiger partial charge in [0.2, 0.25) is 0 Å². The summed E-state index contributed by atoms with van der Waals surface area (Å²) >= 11 is 5.77. The molecule has 0 saturated heterocycles. The van der Waals surface area contributed by atoms with Gasteiger partial charge in [0.25, 0.3) is 0 Å². The van der Waals surface area contributed by atoms with E-state index in [9.17, 15) is 0 Å². The van der Waals surface area contributed by atoms with E-state index in [0.29, 0.717) is 0 Å². The van der Waals surface area contributed by atoms with Gasteiger partial charge in [0.1, 0.15) is 0 Å². The van der Waals surface area contributed by atoms with Crippen LogP contribution < -0.4 is 0 Å². The van der Waals surface area contributed by atoms with Crippen LogP contribution in [0.3, 0.4) is 0 Å². The van der Waals surface area contributed by atoms with Crippen LogP contribution in [0.5, 0.6) is 0 Å². The largest absolute Gasteiger partial charge is 2.00 e. The van der Waals surface area contributed by atoms with Gasteiger partial charge in [-0.05, 0) is 17.6 Å². The molecule has 1 nitrogen and oxygen atoms in total. The molecule has 0 aliphatic heterocycles. The first kappa shape index (κ1) is 23.7. The standard InChI is InChI=1S/C11H8Cl.C9H6N.2ClH.Cr/c12-11-7-5-10(6-8-11)9-3-1-2-4-9;1-2-6-9-8(4-1)5-3-7-10-9;;;/h3-8H,1H2;1-5,7H;2*1H;/q2*-1;;;+2. The van der Waals surface area contributed by atoms with Gasteiger partial charge >= 0.3 is 17.4 Å². The van der Waals surface area contributed by atoms with Crippen molar-refractivity contribution in [2.75, 3.05) is 0 Å². The molecule has 3 aromatic rings. The molecule has 0 atom stereocenters. The number of hydrogen-bond acceptors (Lipinski definition) is 1. The molecule has 0 spiro atoms. The second-order valence-electron chi connectivity index (χ2n) is 4.83. The Bertz CT molecular complexity index is 764. The Balaban J connectivity index is 0.000000416. The molecule has 25 heavy (non-hydrogen) atoms. The molecule has 0 saturated carbocycles. The van der Waals surface area contributed by atoms with Crippen LogP contribution in [0.15, 0.2) is 72.9 Å². The van der Waals surface area contributed by atoms with Crippen LogP contribution in [0, 0.1) is 12.1 Å². The number of fused-ring (bicyclic) bond motifs is 1. The molecule has 0 bridgehead atoms. The molecule has 2 aromatic carbocycles. The van der Waals surface area contributed by atoms with Crippen LogP contribution in [-0.2, 0) is 17.4 Å². The Morgan fingerprint density at radius 2 is 1.68 bits per heavy atom. The third-order valence-corrected chi connectivity index (χ3v) is 3.56. The molecule has 0 amide bonds. The van der Waals surface area contributed by atoms with Crippen LogP contribution in [-0.4, -0.2) is 4.98 Å². The van der Waals surface area contributed by atoms with Crippen molar-refractivity contribution >= 4 is 52.9 Å². The monoisotopic (exact) mass is 427 g/mol. The van der Waals surface area contributed by atoms with Gasteiger partial charge in [-0.25, -0.2) is 6.08 Å². The van der Waals surface area contributed by atoms with E-state index in [1.54, 1.807) is 6.20 Å². The SMILES string of the molecule is Cl.Cl.Clc1ccc(C2=CC[C-]=C2)cc1.[Cr+2].[c-]1cccc2cccnc12. The molecule has 0 fully saturated rings. The average Bonchev–Trinajstić information content (AvgIpc) is 3.11. The van der Waals surface area contributed by atoms with Crippen molar-refractivity contribution in [3.8, 4) is 0 Å². The fraction of sp³-hybridized carbons (Fsp3) is 0.0500. The van der Waals surface area contributed by atoms with Gasteiger partial charge in [0.05, 0.1) is 0 Å². The van der Waals surface area contributed by atoms with Crippen molar-refractivity contribution in [3.05, 3.63) is 95.7 Å². The van der Waals surface area contributed by atoms with E-state index in [-0.39, 0.29) is 42.2 Å². The maximum Gasteiger partial charge on any atom is 2.00 e. The Morgan fingerprint density at radius 3 is 2.32 bits per heavy atom. The van der Waals surface area contributed by atoms with E-state index >= 15 is 0 Å². The Hall–Kier alpha value is -1.27. The summed E-state index contributed by atoms with van der Waals surface area (Å²) in [6.07, 6.45) is 10.0. The second-order valence-corrected chi connectivity index (χ2v) is 5.27. The molecule has 1 heterocycles. The van der Waals surface area contributed by atoms with Crippen LogP contribution in [0.25, 0.3) is 16.5 Å². The summed E-state index contributed by atoms with van der Waals surface area (Å²) in [7, 11) is 0. The van der Waals surface area contributed by atoms with Crippen LogP contribution in [0.4, 0.5) is 0 Å². The minimum absolute atomic E-state index is 0. The van der Waals surface area contributed by atoms with E-state index in [1.165, 1.54) is 11.1 Å². The number of hydrogen-bond donors (Lipinski definition) is 0. The predicted octanol–water partition coefficient (Wildman–Crippen LogP) is 6.36. The molecule has 128 valence electrons. The van der Waals surface area contributed by atoms with Gasteiger partial charge in [-0.1, -0.05) is 29.8 Å². The number of benzene rings is 2. The van der Waals surface area contributed by atoms with Gasteiger partial charge < -0.3 is 0 Å². The molecule has 1 aliphatic rings. The van der Waals surface area contributed by atoms with Crippen molar-refractivity contribution in [3.63, 3.8) is 0 Å². The molecular formula is C20H16Cl3CrN. The topological polar surface area (TPSA) is 12.9 Å². The quantitative estimate of drug-likeness (QED) is 0.411. The second kappa shape index (κ2) is 12.1. The number of nitrogens with zero attached hydrogens (tertiary/aromatic N) is 1. The number of allylic oxidation sites excluding steroid dienone is 4. The molecule has 5 heteroatoms. The molecule has 1 aromatic heterocycles. The molecular weight excluding hydrogens is 413 g/mol. The molecule has 0 N–H and O–H groups in total. The van der Waals surface area contributed by atoms with Gasteiger partial charge in [-0.15, -0.1) is 48.3 Å². The first-order chi connectivity index (χ1) is 10.8. The van der Waals surface area contributed by atoms with Crippen molar-refractivity contribution in [1.82, 2.24) is 4.98 Å². The zero-order valence-corrected chi connectivity index (χ0v) is 16.8. The van der Waals surface area contributed by atoms with Gasteiger partial charge in [-0.2, -0.15) is 35.9 Å². The van der Waals surface area contributed by atoms with Crippen LogP contribution in [0.2, 0.25) is 5.02 Å². The van der Waals surface area contributed by atoms with E-state index in [0.717, 1.165) is 22.3 Å². The van der Waals surface area contributed by atoms with Crippen LogP contribution in [0.1, 0.15) is 12.0 Å². The smallest absolute Gasteiger partial charge is 0.283 e. The van der Waals surface area contributed by atoms with Crippen molar-refractivity contribution < 1.29 is 17.4 Å². The van der Waals surface area contributed by atoms with Gasteiger partial charge in [-0.3, -0.25) is 11.1 Å². The Labute approximate surface area is 176 Å². The van der Waals surface area contributed by atoms with Gasteiger partial charge in [0, 0.05) is 11.2 Å². The third-order valence-electron chi connectivity index (χ3n) is 3.31. The van der Waals surface area contributed by atoms with Crippen LogP contribution >= 0.6 is 36.4 Å². The number of pyridine rings is 1. The number of aromatic nitrogens is 1. The summed E-state index contributed by atoms with van der Waals surface area (Å²) in [4.78, 5) is 4.13. The summed E-state index contributed by atoms with van der Waals surface area (Å²) in [5.41, 5.74) is 3.39. The zero-order valence-electron chi connectivity index (χ0n) is 13.2. The van der Waals surface area contributed by atoms with E-state index in [1.807, 2.05) is 60.7 Å². The first-order valence-electron chi connectivity index (χ1n) is 7.07. The minimum atomic E-state index is 0. The summed E-state index contributed by atoms with van der Waals surface area (Å²) < 4.78 is 0. The fourth-order valence-electron chi connectivity index (χ4n) is 2.19. The Kier molecular flexibility index (Phi) is 11.5. The summed E-state index contributed by atoms with van der Waals surface area (Å²) in [6, 6.07) is 20.7. The van der Waals surface area contributed by atoms with Crippen molar-refractivity contribution in [1.29, 1.82) is 0 Å². The average molecular weight is 429 g/mol. The first-order valence-corrected chi connectivity index (χ1v) is 7.45. The number of halogens is 3. The van der Waals surface area contributed by atoms with Crippen molar-refractivity contribution in [2.24, 2.45) is 0 Å². The molecule has 0 radical (unpaired) electrons. The van der Waals surface area contributed by atoms with Gasteiger partial charge in [0.15, 0.2) is 0 Å². The predicted molar refractivity (Wildman–Crippen MR) is 107 cm³/mol.